The van der Waals surface area contributed by atoms with Gasteiger partial charge in [-0.05, 0) is 0 Å². The van der Waals surface area contributed by atoms with Crippen molar-refractivity contribution in [3.8, 4) is 0 Å². The lowest BCUT2D eigenvalue weighted by molar-refractivity contribution is -0.158. The molecule has 0 aromatic carbocycles. The Bertz CT molecular complexity index is 287. The van der Waals surface area contributed by atoms with E-state index in [1.54, 1.807) is 0 Å². The number of carboxylic acid groups (broad SMARTS) is 1. The lowest BCUT2D eigenvalue weighted by Crippen LogP contribution is -2.56. The first kappa shape index (κ1) is 7.08. The first-order valence-corrected chi connectivity index (χ1v) is 3.45. The van der Waals surface area contributed by atoms with E-state index in [9.17, 15) is 14.4 Å². The van der Waals surface area contributed by atoms with Gasteiger partial charge < -0.3 is 10.4 Å². The summed E-state index contributed by atoms with van der Waals surface area (Å²) >= 11 is 0. The van der Waals surface area contributed by atoms with Gasteiger partial charge in [-0.3, -0.25) is 14.5 Å². The van der Waals surface area contributed by atoms with E-state index >= 15 is 0 Å². The highest BCUT2D eigenvalue weighted by Crippen LogP contribution is 2.25. The maximum Gasteiger partial charge on any atom is 0.336 e. The fourth-order valence-electron chi connectivity index (χ4n) is 1.48. The van der Waals surface area contributed by atoms with Crippen molar-refractivity contribution >= 4 is 17.8 Å². The first-order valence-electron chi connectivity index (χ1n) is 3.45. The summed E-state index contributed by atoms with van der Waals surface area (Å²) in [6, 6.07) is -1.31. The zero-order valence-corrected chi connectivity index (χ0v) is 5.98. The minimum absolute atomic E-state index is 0.218. The molecule has 2 aliphatic heterocycles. The van der Waals surface area contributed by atoms with Gasteiger partial charge in [-0.2, -0.15) is 0 Å². The van der Waals surface area contributed by atoms with E-state index in [1.807, 2.05) is 0 Å². The van der Waals surface area contributed by atoms with Crippen LogP contribution in [-0.4, -0.2) is 40.0 Å². The summed E-state index contributed by atoms with van der Waals surface area (Å²) in [6.07, 6.45) is -0.165. The Kier molecular flexibility index (Phi) is 1.16. The number of carbonyl (C=O) groups excluding carboxylic acids is 2. The van der Waals surface area contributed by atoms with Crippen molar-refractivity contribution in [1.82, 2.24) is 10.2 Å². The third-order valence-corrected chi connectivity index (χ3v) is 2.06. The summed E-state index contributed by atoms with van der Waals surface area (Å²) in [7, 11) is 0. The molecule has 0 aromatic heterocycles. The summed E-state index contributed by atoms with van der Waals surface area (Å²) in [4.78, 5) is 33.3. The van der Waals surface area contributed by atoms with Crippen molar-refractivity contribution < 1.29 is 19.5 Å². The molecule has 2 aliphatic rings. The van der Waals surface area contributed by atoms with Crippen molar-refractivity contribution in [1.29, 1.82) is 0 Å². The largest absolute Gasteiger partial charge is 0.479 e. The van der Waals surface area contributed by atoms with Crippen LogP contribution in [0.4, 0.5) is 0 Å². The van der Waals surface area contributed by atoms with Gasteiger partial charge in [-0.15, -0.1) is 0 Å². The van der Waals surface area contributed by atoms with Gasteiger partial charge in [0.2, 0.25) is 11.9 Å². The van der Waals surface area contributed by atoms with E-state index in [0.717, 1.165) is 4.90 Å². The molecule has 2 N–H and O–H groups in total. The summed E-state index contributed by atoms with van der Waals surface area (Å²) in [5.74, 6) is -2.16. The number of fused-ring (bicyclic) bond motifs is 1. The molecule has 2 saturated heterocycles. The van der Waals surface area contributed by atoms with E-state index in [4.69, 9.17) is 5.11 Å². The van der Waals surface area contributed by atoms with Crippen molar-refractivity contribution in [2.45, 2.75) is 18.6 Å². The minimum Gasteiger partial charge on any atom is -0.479 e. The Balaban J connectivity index is 2.26. The molecule has 0 saturated carbocycles. The van der Waals surface area contributed by atoms with Crippen LogP contribution >= 0.6 is 0 Å². The molecule has 2 atom stereocenters. The number of nitrogens with one attached hydrogen (secondary N) is 1. The third-order valence-electron chi connectivity index (χ3n) is 2.06. The van der Waals surface area contributed by atoms with Crippen LogP contribution < -0.4 is 5.32 Å². The van der Waals surface area contributed by atoms with E-state index in [-0.39, 0.29) is 18.5 Å². The molecule has 6 nitrogen and oxygen atoms in total. The number of β-lactam (4-membered cyclic amide) rings is 1. The fraction of sp³-hybridized carbons (Fsp3) is 0.500. The summed E-state index contributed by atoms with van der Waals surface area (Å²) < 4.78 is 0. The Hall–Kier alpha value is -1.59. The second kappa shape index (κ2) is 1.96. The van der Waals surface area contributed by atoms with E-state index in [0.29, 0.717) is 0 Å². The highest BCUT2D eigenvalue weighted by atomic mass is 16.4. The Morgan fingerprint density at radius 2 is 2.25 bits per heavy atom. The minimum atomic E-state index is -1.31. The van der Waals surface area contributed by atoms with Crippen LogP contribution in [0.2, 0.25) is 0 Å². The quantitative estimate of drug-likeness (QED) is 0.356. The zero-order valence-electron chi connectivity index (χ0n) is 5.98. The molecule has 0 radical (unpaired) electrons. The van der Waals surface area contributed by atoms with Gasteiger partial charge in [0, 0.05) is 0 Å². The lowest BCUT2D eigenvalue weighted by Gasteiger charge is -2.34. The molecule has 0 spiro atoms. The fourth-order valence-corrected chi connectivity index (χ4v) is 1.48. The number of hydrogen-bond donors (Lipinski definition) is 2. The lowest BCUT2D eigenvalue weighted by atomic mass is 10.1. The van der Waals surface area contributed by atoms with E-state index in [2.05, 4.69) is 5.32 Å². The average molecular weight is 170 g/mol. The normalized spacial score (nSPS) is 32.5. The molecule has 2 amide bonds. The van der Waals surface area contributed by atoms with Crippen molar-refractivity contribution in [3.63, 3.8) is 0 Å². The maximum absolute atomic E-state index is 10.9. The average Bonchev–Trinajstić information content (AvgIpc) is 2.22. The zero-order chi connectivity index (χ0) is 8.88. The molecule has 64 valence electrons. The molecule has 2 fully saturated rings. The Morgan fingerprint density at radius 3 is 2.67 bits per heavy atom. The standard InChI is InChI=1S/C6H6N2O4/c9-3-1-2-7-5(10)4(6(11)12)8(2)3/h2,4H,1H2,(H,7,10)(H,11,12). The van der Waals surface area contributed by atoms with Gasteiger partial charge >= 0.3 is 5.97 Å². The second-order valence-corrected chi connectivity index (χ2v) is 2.77. The number of nitrogens with zero attached hydrogens (tertiary/aromatic N) is 1. The van der Waals surface area contributed by atoms with E-state index in [1.165, 1.54) is 0 Å². The smallest absolute Gasteiger partial charge is 0.336 e. The van der Waals surface area contributed by atoms with Crippen LogP contribution in [0.5, 0.6) is 0 Å². The van der Waals surface area contributed by atoms with Crippen LogP contribution in [0.25, 0.3) is 0 Å². The summed E-state index contributed by atoms with van der Waals surface area (Å²) in [5, 5.41) is 11.0. The number of carbonyl (C=O) groups is 3. The van der Waals surface area contributed by atoms with Gasteiger partial charge in [0.05, 0.1) is 6.42 Å². The van der Waals surface area contributed by atoms with Gasteiger partial charge in [0.25, 0.3) is 5.91 Å². The number of rotatable bonds is 1. The maximum atomic E-state index is 10.9. The molecular weight excluding hydrogens is 164 g/mol. The van der Waals surface area contributed by atoms with Gasteiger partial charge in [-0.25, -0.2) is 4.79 Å². The molecule has 12 heavy (non-hydrogen) atoms. The molecule has 6 heteroatoms. The van der Waals surface area contributed by atoms with Crippen LogP contribution in [-0.2, 0) is 14.4 Å². The number of aliphatic carboxylic acids is 1. The summed E-state index contributed by atoms with van der Waals surface area (Å²) in [5.41, 5.74) is 0. The van der Waals surface area contributed by atoms with Crippen LogP contribution in [0.15, 0.2) is 0 Å². The van der Waals surface area contributed by atoms with Crippen LogP contribution in [0, 0.1) is 0 Å². The first-order chi connectivity index (χ1) is 5.61. The van der Waals surface area contributed by atoms with Gasteiger partial charge in [0.15, 0.2) is 0 Å². The molecule has 0 aliphatic carbocycles. The number of amides is 2. The molecule has 0 bridgehead atoms. The molecule has 2 rings (SSSR count). The van der Waals surface area contributed by atoms with Crippen LogP contribution in [0.1, 0.15) is 6.42 Å². The third kappa shape index (κ3) is 0.662. The number of carboxylic acids is 1. The summed E-state index contributed by atoms with van der Waals surface area (Å²) in [6.45, 7) is 0. The topological polar surface area (TPSA) is 86.7 Å². The number of hydrogen-bond acceptors (Lipinski definition) is 3. The molecular formula is C6H6N2O4. The highest BCUT2D eigenvalue weighted by Gasteiger charge is 2.53. The Labute approximate surface area is 67.1 Å². The van der Waals surface area contributed by atoms with Crippen LogP contribution in [0.3, 0.4) is 0 Å². The second-order valence-electron chi connectivity index (χ2n) is 2.77. The van der Waals surface area contributed by atoms with E-state index < -0.39 is 17.9 Å². The predicted molar refractivity (Wildman–Crippen MR) is 34.8 cm³/mol. The monoisotopic (exact) mass is 170 g/mol. The van der Waals surface area contributed by atoms with Gasteiger partial charge in [0.1, 0.15) is 6.17 Å². The SMILES string of the molecule is O=C(O)C1C(=O)NC2CC(=O)N21. The van der Waals surface area contributed by atoms with Gasteiger partial charge in [-0.1, -0.05) is 0 Å². The highest BCUT2D eigenvalue weighted by molar-refractivity contribution is 6.08. The van der Waals surface area contributed by atoms with Crippen molar-refractivity contribution in [3.05, 3.63) is 0 Å². The van der Waals surface area contributed by atoms with Crippen molar-refractivity contribution in [2.75, 3.05) is 0 Å². The molecule has 2 unspecified atom stereocenters. The predicted octanol–water partition coefficient (Wildman–Crippen LogP) is -1.87. The molecule has 0 aromatic rings. The molecule has 2 heterocycles. The Morgan fingerprint density at radius 1 is 1.58 bits per heavy atom. The van der Waals surface area contributed by atoms with Crippen molar-refractivity contribution in [2.24, 2.45) is 0 Å².